The van der Waals surface area contributed by atoms with Crippen molar-refractivity contribution in [2.24, 2.45) is 0 Å². The Morgan fingerprint density at radius 3 is 2.22 bits per heavy atom. The van der Waals surface area contributed by atoms with Gasteiger partial charge in [0.15, 0.2) is 19.0 Å². The first kappa shape index (κ1) is 23.4. The minimum atomic E-state index is -3.56. The van der Waals surface area contributed by atoms with E-state index in [1.54, 1.807) is 24.3 Å². The molecule has 0 radical (unpaired) electrons. The van der Waals surface area contributed by atoms with Gasteiger partial charge in [0.25, 0.3) is 5.91 Å². The number of para-hydroxylation sites is 1. The van der Waals surface area contributed by atoms with Gasteiger partial charge in [0.05, 0.1) is 4.90 Å². The summed E-state index contributed by atoms with van der Waals surface area (Å²) >= 11 is 0. The first-order valence-electron chi connectivity index (χ1n) is 10.1. The highest BCUT2D eigenvalue weighted by Crippen LogP contribution is 2.21. The van der Waals surface area contributed by atoms with E-state index in [1.165, 1.54) is 28.6 Å². The summed E-state index contributed by atoms with van der Waals surface area (Å²) in [5, 5.41) is 2.35. The number of ether oxygens (including phenoxy) is 2. The lowest BCUT2D eigenvalue weighted by Crippen LogP contribution is -2.34. The lowest BCUT2D eigenvalue weighted by Gasteiger charge is -2.15. The van der Waals surface area contributed by atoms with E-state index in [-0.39, 0.29) is 17.1 Å². The molecule has 1 heterocycles. The molecule has 0 aromatic heterocycles. The maximum absolute atomic E-state index is 12.5. The molecule has 1 aliphatic heterocycles. The van der Waals surface area contributed by atoms with Crippen molar-refractivity contribution in [3.8, 4) is 5.75 Å². The fraction of sp³-hybridized carbons (Fsp3) is 0.318. The van der Waals surface area contributed by atoms with Crippen molar-refractivity contribution < 1.29 is 32.3 Å². The largest absolute Gasteiger partial charge is 0.484 e. The molecule has 10 heteroatoms. The zero-order valence-electron chi connectivity index (χ0n) is 17.4. The molecule has 2 aromatic carbocycles. The SMILES string of the molecule is O=C(COc1ccccc1)NCC(=O)OCC(=O)c1ccc(S(=O)(=O)N2CCCC2)cc1. The third kappa shape index (κ3) is 6.38. The van der Waals surface area contributed by atoms with Crippen LogP contribution < -0.4 is 10.1 Å². The number of amides is 1. The smallest absolute Gasteiger partial charge is 0.325 e. The molecule has 0 atom stereocenters. The number of nitrogens with zero attached hydrogens (tertiary/aromatic N) is 1. The normalized spacial score (nSPS) is 14.0. The van der Waals surface area contributed by atoms with Gasteiger partial charge in [0.1, 0.15) is 12.3 Å². The number of rotatable bonds is 10. The summed E-state index contributed by atoms with van der Waals surface area (Å²) in [5.74, 6) is -1.25. The van der Waals surface area contributed by atoms with Crippen molar-refractivity contribution in [1.82, 2.24) is 9.62 Å². The van der Waals surface area contributed by atoms with E-state index in [9.17, 15) is 22.8 Å². The quantitative estimate of drug-likeness (QED) is 0.420. The zero-order valence-corrected chi connectivity index (χ0v) is 18.2. The van der Waals surface area contributed by atoms with Gasteiger partial charge in [0.2, 0.25) is 10.0 Å². The molecule has 1 fully saturated rings. The molecule has 1 saturated heterocycles. The number of hydrogen-bond acceptors (Lipinski definition) is 7. The zero-order chi connectivity index (χ0) is 23.0. The fourth-order valence-corrected chi connectivity index (χ4v) is 4.58. The van der Waals surface area contributed by atoms with Crippen molar-refractivity contribution in [2.75, 3.05) is 32.8 Å². The Bertz CT molecular complexity index is 1050. The topological polar surface area (TPSA) is 119 Å². The van der Waals surface area contributed by atoms with Crippen LogP contribution in [0.4, 0.5) is 0 Å². The van der Waals surface area contributed by atoms with Crippen molar-refractivity contribution >= 4 is 27.7 Å². The van der Waals surface area contributed by atoms with Crippen molar-refractivity contribution in [3.63, 3.8) is 0 Å². The van der Waals surface area contributed by atoms with Crippen LogP contribution in [-0.2, 0) is 24.3 Å². The Morgan fingerprint density at radius 1 is 0.906 bits per heavy atom. The van der Waals surface area contributed by atoms with E-state index >= 15 is 0 Å². The summed E-state index contributed by atoms with van der Waals surface area (Å²) < 4.78 is 36.6. The maximum atomic E-state index is 12.5. The molecule has 32 heavy (non-hydrogen) atoms. The van der Waals surface area contributed by atoms with Crippen LogP contribution in [0.2, 0.25) is 0 Å². The predicted molar refractivity (Wildman–Crippen MR) is 115 cm³/mol. The van der Waals surface area contributed by atoms with Gasteiger partial charge in [-0.25, -0.2) is 8.42 Å². The number of carbonyl (C=O) groups excluding carboxylic acids is 3. The van der Waals surface area contributed by atoms with Crippen molar-refractivity contribution in [1.29, 1.82) is 0 Å². The molecule has 9 nitrogen and oxygen atoms in total. The lowest BCUT2D eigenvalue weighted by molar-refractivity contribution is -0.143. The van der Waals surface area contributed by atoms with Gasteiger partial charge in [-0.1, -0.05) is 18.2 Å². The minimum absolute atomic E-state index is 0.119. The van der Waals surface area contributed by atoms with E-state index < -0.39 is 40.8 Å². The standard InChI is InChI=1S/C22H24N2O7S/c25-20(17-8-10-19(11-9-17)32(28,29)24-12-4-5-13-24)15-31-22(27)14-23-21(26)16-30-18-6-2-1-3-7-18/h1-3,6-11H,4-5,12-16H2,(H,23,26). The Kier molecular flexibility index (Phi) is 7.96. The van der Waals surface area contributed by atoms with Gasteiger partial charge in [-0.2, -0.15) is 4.31 Å². The molecule has 1 N–H and O–H groups in total. The molecular weight excluding hydrogens is 436 g/mol. The molecule has 170 valence electrons. The van der Waals surface area contributed by atoms with Crippen LogP contribution in [0.5, 0.6) is 5.75 Å². The second-order valence-electron chi connectivity index (χ2n) is 7.10. The van der Waals surface area contributed by atoms with Crippen molar-refractivity contribution in [2.45, 2.75) is 17.7 Å². The number of nitrogens with one attached hydrogen (secondary N) is 1. The summed E-state index contributed by atoms with van der Waals surface area (Å²) in [4.78, 5) is 35.8. The molecule has 0 bridgehead atoms. The van der Waals surface area contributed by atoms with E-state index in [0.717, 1.165) is 12.8 Å². The second kappa shape index (κ2) is 10.9. The Morgan fingerprint density at radius 2 is 1.56 bits per heavy atom. The third-order valence-electron chi connectivity index (χ3n) is 4.79. The summed E-state index contributed by atoms with van der Waals surface area (Å²) in [6.45, 7) is -0.199. The number of esters is 1. The molecule has 2 aromatic rings. The van der Waals surface area contributed by atoms with Gasteiger partial charge < -0.3 is 14.8 Å². The lowest BCUT2D eigenvalue weighted by atomic mass is 10.1. The van der Waals surface area contributed by atoms with E-state index in [1.807, 2.05) is 6.07 Å². The second-order valence-corrected chi connectivity index (χ2v) is 9.04. The van der Waals surface area contributed by atoms with Gasteiger partial charge >= 0.3 is 5.97 Å². The third-order valence-corrected chi connectivity index (χ3v) is 6.70. The summed E-state index contributed by atoms with van der Waals surface area (Å²) in [6, 6.07) is 14.3. The molecular formula is C22H24N2O7S. The summed E-state index contributed by atoms with van der Waals surface area (Å²) in [7, 11) is -3.56. The average molecular weight is 461 g/mol. The number of carbonyl (C=O) groups is 3. The highest BCUT2D eigenvalue weighted by molar-refractivity contribution is 7.89. The van der Waals surface area contributed by atoms with Crippen LogP contribution in [-0.4, -0.2) is 63.2 Å². The molecule has 0 spiro atoms. The van der Waals surface area contributed by atoms with Crippen LogP contribution in [0.1, 0.15) is 23.2 Å². The number of hydrogen-bond donors (Lipinski definition) is 1. The monoisotopic (exact) mass is 460 g/mol. The average Bonchev–Trinajstić information content (AvgIpc) is 3.36. The molecule has 1 aliphatic rings. The summed E-state index contributed by atoms with van der Waals surface area (Å²) in [6.07, 6.45) is 1.67. The first-order chi connectivity index (χ1) is 15.4. The molecule has 1 amide bonds. The Labute approximate surface area is 186 Å². The molecule has 3 rings (SSSR count). The molecule has 0 unspecified atom stereocenters. The van der Waals surface area contributed by atoms with Gasteiger partial charge in [-0.15, -0.1) is 0 Å². The summed E-state index contributed by atoms with van der Waals surface area (Å²) in [5.41, 5.74) is 0.221. The Hall–Kier alpha value is -3.24. The van der Waals surface area contributed by atoms with E-state index in [2.05, 4.69) is 5.32 Å². The van der Waals surface area contributed by atoms with Gasteiger partial charge in [-0.05, 0) is 49.2 Å². The van der Waals surface area contributed by atoms with Crippen LogP contribution in [0, 0.1) is 0 Å². The highest BCUT2D eigenvalue weighted by atomic mass is 32.2. The number of sulfonamides is 1. The minimum Gasteiger partial charge on any atom is -0.484 e. The van der Waals surface area contributed by atoms with Gasteiger partial charge in [-0.3, -0.25) is 14.4 Å². The highest BCUT2D eigenvalue weighted by Gasteiger charge is 2.27. The number of Topliss-reactive ketones (excluding diaryl/α,β-unsaturated/α-hetero) is 1. The van der Waals surface area contributed by atoms with Crippen LogP contribution in [0.15, 0.2) is 59.5 Å². The fourth-order valence-electron chi connectivity index (χ4n) is 3.06. The van der Waals surface area contributed by atoms with E-state index in [0.29, 0.717) is 18.8 Å². The molecule has 0 aliphatic carbocycles. The molecule has 0 saturated carbocycles. The van der Waals surface area contributed by atoms with Crippen LogP contribution in [0.3, 0.4) is 0 Å². The van der Waals surface area contributed by atoms with E-state index in [4.69, 9.17) is 9.47 Å². The predicted octanol–water partition coefficient (Wildman–Crippen LogP) is 1.39. The Balaban J connectivity index is 1.41. The number of benzene rings is 2. The van der Waals surface area contributed by atoms with Crippen LogP contribution >= 0.6 is 0 Å². The van der Waals surface area contributed by atoms with Gasteiger partial charge in [0, 0.05) is 18.7 Å². The maximum Gasteiger partial charge on any atom is 0.325 e. The first-order valence-corrected chi connectivity index (χ1v) is 11.5. The van der Waals surface area contributed by atoms with Crippen LogP contribution in [0.25, 0.3) is 0 Å². The number of ketones is 1. The van der Waals surface area contributed by atoms with Crippen molar-refractivity contribution in [3.05, 3.63) is 60.2 Å².